The van der Waals surface area contributed by atoms with Crippen LogP contribution < -0.4 is 4.74 Å². The Morgan fingerprint density at radius 3 is 2.74 bits per heavy atom. The lowest BCUT2D eigenvalue weighted by molar-refractivity contribution is 0.0557. The molecule has 1 heterocycles. The maximum absolute atomic E-state index is 11.8. The smallest absolute Gasteiger partial charge is 0.339 e. The number of benzene rings is 2. The van der Waals surface area contributed by atoms with Gasteiger partial charge in [-0.3, -0.25) is 0 Å². The van der Waals surface area contributed by atoms with E-state index in [2.05, 4.69) is 15.9 Å². The molecule has 1 N–H and O–H groups in total. The number of carbonyl (C=O) groups excluding carboxylic acids is 1. The topological polar surface area (TPSA) is 64.2 Å². The SMILES string of the molecule is C#CCOC(=O)c1ccc2nc(-c3ccc(OC)cc3)[nH]c2c1. The molecule has 5 nitrogen and oxygen atoms in total. The van der Waals surface area contributed by atoms with Crippen LogP contribution in [0.25, 0.3) is 22.4 Å². The normalized spacial score (nSPS) is 10.3. The Labute approximate surface area is 133 Å². The van der Waals surface area contributed by atoms with Crippen LogP contribution in [0.4, 0.5) is 0 Å². The highest BCUT2D eigenvalue weighted by Gasteiger charge is 2.10. The van der Waals surface area contributed by atoms with Gasteiger partial charge in [-0.2, -0.15) is 0 Å². The van der Waals surface area contributed by atoms with Gasteiger partial charge in [-0.25, -0.2) is 9.78 Å². The van der Waals surface area contributed by atoms with Gasteiger partial charge in [-0.05, 0) is 42.5 Å². The van der Waals surface area contributed by atoms with Gasteiger partial charge in [0.1, 0.15) is 11.6 Å². The molecule has 1 aromatic heterocycles. The van der Waals surface area contributed by atoms with E-state index in [1.807, 2.05) is 24.3 Å². The minimum atomic E-state index is -0.453. The van der Waals surface area contributed by atoms with Crippen LogP contribution >= 0.6 is 0 Å². The van der Waals surface area contributed by atoms with Crippen LogP contribution in [0, 0.1) is 12.3 Å². The molecule has 0 bridgehead atoms. The fourth-order valence-corrected chi connectivity index (χ4v) is 2.21. The van der Waals surface area contributed by atoms with Crippen molar-refractivity contribution >= 4 is 17.0 Å². The van der Waals surface area contributed by atoms with Gasteiger partial charge in [0.25, 0.3) is 0 Å². The van der Waals surface area contributed by atoms with Crippen molar-refractivity contribution in [3.63, 3.8) is 0 Å². The largest absolute Gasteiger partial charge is 0.497 e. The van der Waals surface area contributed by atoms with Gasteiger partial charge in [0.15, 0.2) is 6.61 Å². The fourth-order valence-electron chi connectivity index (χ4n) is 2.21. The number of hydrogen-bond acceptors (Lipinski definition) is 4. The summed E-state index contributed by atoms with van der Waals surface area (Å²) in [6.07, 6.45) is 5.08. The van der Waals surface area contributed by atoms with E-state index in [4.69, 9.17) is 15.9 Å². The number of H-pyrrole nitrogens is 1. The molecular weight excluding hydrogens is 292 g/mol. The lowest BCUT2D eigenvalue weighted by Gasteiger charge is -2.00. The molecule has 0 spiro atoms. The molecule has 23 heavy (non-hydrogen) atoms. The molecule has 0 radical (unpaired) electrons. The maximum atomic E-state index is 11.8. The molecule has 114 valence electrons. The second kappa shape index (κ2) is 6.24. The Morgan fingerprint density at radius 2 is 2.04 bits per heavy atom. The highest BCUT2D eigenvalue weighted by molar-refractivity contribution is 5.94. The molecule has 0 aliphatic carbocycles. The first-order valence-corrected chi connectivity index (χ1v) is 6.96. The molecule has 0 aliphatic heterocycles. The summed E-state index contributed by atoms with van der Waals surface area (Å²) in [4.78, 5) is 19.5. The molecule has 0 unspecified atom stereocenters. The number of rotatable bonds is 4. The molecule has 5 heteroatoms. The van der Waals surface area contributed by atoms with Crippen LogP contribution in [0.1, 0.15) is 10.4 Å². The zero-order valence-electron chi connectivity index (χ0n) is 12.5. The van der Waals surface area contributed by atoms with E-state index >= 15 is 0 Å². The summed E-state index contributed by atoms with van der Waals surface area (Å²) in [5.41, 5.74) is 2.88. The van der Waals surface area contributed by atoms with E-state index < -0.39 is 5.97 Å². The van der Waals surface area contributed by atoms with Gasteiger partial charge in [0.2, 0.25) is 0 Å². The number of aromatic nitrogens is 2. The first-order chi connectivity index (χ1) is 11.2. The number of terminal acetylenes is 1. The molecule has 0 fully saturated rings. The lowest BCUT2D eigenvalue weighted by atomic mass is 10.2. The Bertz CT molecular complexity index is 889. The molecule has 3 rings (SSSR count). The van der Waals surface area contributed by atoms with Crippen LogP contribution in [0.15, 0.2) is 42.5 Å². The molecule has 0 atom stereocenters. The van der Waals surface area contributed by atoms with Gasteiger partial charge < -0.3 is 14.5 Å². The summed E-state index contributed by atoms with van der Waals surface area (Å²) in [6.45, 7) is -0.0447. The average Bonchev–Trinajstić information content (AvgIpc) is 3.02. The van der Waals surface area contributed by atoms with Crippen LogP contribution in [-0.4, -0.2) is 29.7 Å². The Balaban J connectivity index is 1.92. The standard InChI is InChI=1S/C18H14N2O3/c1-3-10-23-18(21)13-6-9-15-16(11-13)20-17(19-15)12-4-7-14(22-2)8-5-12/h1,4-9,11H,10H2,2H3,(H,19,20). The van der Waals surface area contributed by atoms with E-state index in [0.29, 0.717) is 5.56 Å². The highest BCUT2D eigenvalue weighted by Crippen LogP contribution is 2.23. The van der Waals surface area contributed by atoms with E-state index in [1.54, 1.807) is 25.3 Å². The quantitative estimate of drug-likeness (QED) is 0.594. The summed E-state index contributed by atoms with van der Waals surface area (Å²) < 4.78 is 10.1. The minimum Gasteiger partial charge on any atom is -0.497 e. The van der Waals surface area contributed by atoms with Crippen LogP contribution in [0.2, 0.25) is 0 Å². The van der Waals surface area contributed by atoms with Crippen molar-refractivity contribution < 1.29 is 14.3 Å². The van der Waals surface area contributed by atoms with E-state index in [1.165, 1.54) is 0 Å². The number of methoxy groups -OCH3 is 1. The molecule has 0 saturated heterocycles. The first kappa shape index (κ1) is 14.7. The molecule has 0 saturated carbocycles. The number of fused-ring (bicyclic) bond motifs is 1. The fraction of sp³-hybridized carbons (Fsp3) is 0.111. The summed E-state index contributed by atoms with van der Waals surface area (Å²) in [6, 6.07) is 12.7. The van der Waals surface area contributed by atoms with E-state index in [9.17, 15) is 4.79 Å². The van der Waals surface area contributed by atoms with Crippen molar-refractivity contribution in [1.82, 2.24) is 9.97 Å². The number of ether oxygens (including phenoxy) is 2. The summed E-state index contributed by atoms with van der Waals surface area (Å²) in [7, 11) is 1.62. The number of carbonyl (C=O) groups is 1. The van der Waals surface area contributed by atoms with Crippen molar-refractivity contribution in [2.45, 2.75) is 0 Å². The van der Waals surface area contributed by atoms with Gasteiger partial charge in [-0.1, -0.05) is 5.92 Å². The Kier molecular flexibility index (Phi) is 3.98. The van der Waals surface area contributed by atoms with Gasteiger partial charge in [-0.15, -0.1) is 6.42 Å². The number of imidazole rings is 1. The number of nitrogens with zero attached hydrogens (tertiary/aromatic N) is 1. The predicted octanol–water partition coefficient (Wildman–Crippen LogP) is 3.03. The van der Waals surface area contributed by atoms with Crippen molar-refractivity contribution in [3.05, 3.63) is 48.0 Å². The van der Waals surface area contributed by atoms with Crippen molar-refractivity contribution in [2.24, 2.45) is 0 Å². The van der Waals surface area contributed by atoms with Crippen LogP contribution in [0.5, 0.6) is 5.75 Å². The number of esters is 1. The highest BCUT2D eigenvalue weighted by atomic mass is 16.5. The molecular formula is C18H14N2O3. The third kappa shape index (κ3) is 3.01. The number of nitrogens with one attached hydrogen (secondary N) is 1. The zero-order valence-corrected chi connectivity index (χ0v) is 12.5. The monoisotopic (exact) mass is 306 g/mol. The van der Waals surface area contributed by atoms with Crippen molar-refractivity contribution in [2.75, 3.05) is 13.7 Å². The van der Waals surface area contributed by atoms with Gasteiger partial charge in [0, 0.05) is 5.56 Å². The number of hydrogen-bond donors (Lipinski definition) is 1. The van der Waals surface area contributed by atoms with Crippen molar-refractivity contribution in [3.8, 4) is 29.5 Å². The summed E-state index contributed by atoms with van der Waals surface area (Å²) in [5, 5.41) is 0. The molecule has 0 aliphatic rings. The molecule has 3 aromatic rings. The lowest BCUT2D eigenvalue weighted by Crippen LogP contribution is -2.04. The van der Waals surface area contributed by atoms with E-state index in [0.717, 1.165) is 28.2 Å². The van der Waals surface area contributed by atoms with Crippen LogP contribution in [-0.2, 0) is 4.74 Å². The van der Waals surface area contributed by atoms with Crippen LogP contribution in [0.3, 0.4) is 0 Å². The number of aromatic amines is 1. The second-order valence-corrected chi connectivity index (χ2v) is 4.83. The first-order valence-electron chi connectivity index (χ1n) is 6.96. The average molecular weight is 306 g/mol. The van der Waals surface area contributed by atoms with Crippen molar-refractivity contribution in [1.29, 1.82) is 0 Å². The molecule has 0 amide bonds. The molecule has 2 aromatic carbocycles. The zero-order chi connectivity index (χ0) is 16.2. The Morgan fingerprint density at radius 1 is 1.26 bits per heavy atom. The third-order valence-electron chi connectivity index (χ3n) is 3.37. The maximum Gasteiger partial charge on any atom is 0.339 e. The van der Waals surface area contributed by atoms with Gasteiger partial charge in [0.05, 0.1) is 23.7 Å². The Hall–Kier alpha value is -3.26. The third-order valence-corrected chi connectivity index (χ3v) is 3.37. The summed E-state index contributed by atoms with van der Waals surface area (Å²) >= 11 is 0. The predicted molar refractivity (Wildman–Crippen MR) is 87.2 cm³/mol. The second-order valence-electron chi connectivity index (χ2n) is 4.83. The summed E-state index contributed by atoms with van der Waals surface area (Å²) in [5.74, 6) is 3.31. The van der Waals surface area contributed by atoms with Gasteiger partial charge >= 0.3 is 5.97 Å². The van der Waals surface area contributed by atoms with E-state index in [-0.39, 0.29) is 6.61 Å². The minimum absolute atomic E-state index is 0.0447.